The molecule has 132 valence electrons. The van der Waals surface area contributed by atoms with Crippen molar-refractivity contribution in [3.8, 4) is 5.69 Å². The summed E-state index contributed by atoms with van der Waals surface area (Å²) in [4.78, 5) is 17.2. The van der Waals surface area contributed by atoms with Gasteiger partial charge in [0.2, 0.25) is 5.91 Å². The number of aromatic nitrogens is 2. The third kappa shape index (κ3) is 3.80. The van der Waals surface area contributed by atoms with E-state index in [9.17, 15) is 4.79 Å². The molecule has 0 radical (unpaired) electrons. The van der Waals surface area contributed by atoms with Crippen LogP contribution in [0.4, 0.5) is 5.69 Å². The number of amides is 1. The molecule has 0 aliphatic carbocycles. The van der Waals surface area contributed by atoms with E-state index in [1.807, 2.05) is 95.7 Å². The maximum atomic E-state index is 13.1. The van der Waals surface area contributed by atoms with E-state index in [1.54, 1.807) is 12.5 Å². The molecule has 1 amide bonds. The molecule has 4 rings (SSSR count). The van der Waals surface area contributed by atoms with Gasteiger partial charge in [0.05, 0.1) is 12.2 Å². The summed E-state index contributed by atoms with van der Waals surface area (Å²) in [6.07, 6.45) is 5.36. The third-order valence-electron chi connectivity index (χ3n) is 4.47. The average Bonchev–Trinajstić information content (AvgIpc) is 3.25. The summed E-state index contributed by atoms with van der Waals surface area (Å²) in [5, 5.41) is 3.05. The molecule has 4 nitrogen and oxygen atoms in total. The van der Waals surface area contributed by atoms with Crippen LogP contribution in [-0.4, -0.2) is 15.5 Å². The Morgan fingerprint density at radius 1 is 0.815 bits per heavy atom. The standard InChI is InChI=1S/C23H19N3O/c27-23(25-20-11-13-21(14-12-20)26-16-15-24-17-26)22(18-7-3-1-4-8-18)19-9-5-2-6-10-19/h1-17,22H,(H,25,27). The number of carbonyl (C=O) groups is 1. The molecule has 4 heteroatoms. The number of imidazole rings is 1. The smallest absolute Gasteiger partial charge is 0.236 e. The molecule has 27 heavy (non-hydrogen) atoms. The largest absolute Gasteiger partial charge is 0.325 e. The number of nitrogens with one attached hydrogen (secondary N) is 1. The summed E-state index contributed by atoms with van der Waals surface area (Å²) >= 11 is 0. The van der Waals surface area contributed by atoms with E-state index in [0.717, 1.165) is 22.5 Å². The Hall–Kier alpha value is -3.66. The molecule has 1 aromatic heterocycles. The molecule has 0 bridgehead atoms. The molecular weight excluding hydrogens is 334 g/mol. The summed E-state index contributed by atoms with van der Waals surface area (Å²) in [7, 11) is 0. The quantitative estimate of drug-likeness (QED) is 0.568. The Labute approximate surface area is 158 Å². The molecule has 0 spiro atoms. The fourth-order valence-corrected chi connectivity index (χ4v) is 3.13. The molecule has 4 aromatic rings. The molecule has 0 saturated heterocycles. The van der Waals surface area contributed by atoms with Crippen molar-refractivity contribution in [2.45, 2.75) is 5.92 Å². The van der Waals surface area contributed by atoms with Crippen LogP contribution in [0.1, 0.15) is 17.0 Å². The number of hydrogen-bond donors (Lipinski definition) is 1. The van der Waals surface area contributed by atoms with Crippen LogP contribution in [0.15, 0.2) is 104 Å². The predicted octanol–water partition coefficient (Wildman–Crippen LogP) is 4.64. The first-order chi connectivity index (χ1) is 13.3. The summed E-state index contributed by atoms with van der Waals surface area (Å²) < 4.78 is 1.92. The van der Waals surface area contributed by atoms with Gasteiger partial charge in [0.1, 0.15) is 0 Å². The summed E-state index contributed by atoms with van der Waals surface area (Å²) in [5.74, 6) is -0.413. The predicted molar refractivity (Wildman–Crippen MR) is 107 cm³/mol. The van der Waals surface area contributed by atoms with Crippen molar-refractivity contribution in [3.63, 3.8) is 0 Å². The lowest BCUT2D eigenvalue weighted by Gasteiger charge is -2.18. The van der Waals surface area contributed by atoms with Crippen molar-refractivity contribution in [2.75, 3.05) is 5.32 Å². The average molecular weight is 353 g/mol. The fourth-order valence-electron chi connectivity index (χ4n) is 3.13. The van der Waals surface area contributed by atoms with E-state index in [1.165, 1.54) is 0 Å². The van der Waals surface area contributed by atoms with E-state index < -0.39 is 0 Å². The monoisotopic (exact) mass is 353 g/mol. The molecule has 0 fully saturated rings. The highest BCUT2D eigenvalue weighted by atomic mass is 16.1. The second-order valence-electron chi connectivity index (χ2n) is 6.26. The number of nitrogens with zero attached hydrogens (tertiary/aromatic N) is 2. The van der Waals surface area contributed by atoms with Gasteiger partial charge in [-0.05, 0) is 35.4 Å². The van der Waals surface area contributed by atoms with Crippen LogP contribution in [0, 0.1) is 0 Å². The van der Waals surface area contributed by atoms with Crippen LogP contribution >= 0.6 is 0 Å². The third-order valence-corrected chi connectivity index (χ3v) is 4.47. The topological polar surface area (TPSA) is 46.9 Å². The minimum absolute atomic E-state index is 0.0530. The van der Waals surface area contributed by atoms with E-state index in [-0.39, 0.29) is 11.8 Å². The lowest BCUT2D eigenvalue weighted by molar-refractivity contribution is -0.116. The Kier molecular flexibility index (Phi) is 4.79. The van der Waals surface area contributed by atoms with Gasteiger partial charge in [0.15, 0.2) is 0 Å². The van der Waals surface area contributed by atoms with Crippen molar-refractivity contribution in [1.82, 2.24) is 9.55 Å². The molecule has 0 aliphatic rings. The van der Waals surface area contributed by atoms with Crippen molar-refractivity contribution >= 4 is 11.6 Å². The summed E-state index contributed by atoms with van der Waals surface area (Å²) in [6, 6.07) is 27.4. The summed E-state index contributed by atoms with van der Waals surface area (Å²) in [6.45, 7) is 0. The lowest BCUT2D eigenvalue weighted by Crippen LogP contribution is -2.22. The van der Waals surface area contributed by atoms with Gasteiger partial charge < -0.3 is 9.88 Å². The van der Waals surface area contributed by atoms with Gasteiger partial charge in [-0.1, -0.05) is 60.7 Å². The Bertz CT molecular complexity index is 955. The highest BCUT2D eigenvalue weighted by molar-refractivity contribution is 5.98. The van der Waals surface area contributed by atoms with Crippen molar-refractivity contribution in [2.24, 2.45) is 0 Å². The number of anilines is 1. The molecule has 0 unspecified atom stereocenters. The first-order valence-corrected chi connectivity index (χ1v) is 8.80. The fraction of sp³-hybridized carbons (Fsp3) is 0.0435. The molecule has 1 heterocycles. The summed E-state index contributed by atoms with van der Waals surface area (Å²) in [5.41, 5.74) is 3.70. The van der Waals surface area contributed by atoms with E-state index in [4.69, 9.17) is 0 Å². The number of rotatable bonds is 5. The second-order valence-corrected chi connectivity index (χ2v) is 6.26. The highest BCUT2D eigenvalue weighted by Crippen LogP contribution is 2.26. The van der Waals surface area contributed by atoms with Crippen molar-refractivity contribution in [1.29, 1.82) is 0 Å². The molecule has 0 saturated carbocycles. The van der Waals surface area contributed by atoms with Gasteiger partial charge in [-0.2, -0.15) is 0 Å². The zero-order valence-corrected chi connectivity index (χ0v) is 14.7. The minimum atomic E-state index is -0.360. The van der Waals surface area contributed by atoms with Gasteiger partial charge in [0.25, 0.3) is 0 Å². The zero-order valence-electron chi connectivity index (χ0n) is 14.7. The number of hydrogen-bond acceptors (Lipinski definition) is 2. The Morgan fingerprint density at radius 2 is 1.41 bits per heavy atom. The maximum absolute atomic E-state index is 13.1. The van der Waals surface area contributed by atoms with Gasteiger partial charge in [-0.25, -0.2) is 4.98 Å². The normalized spacial score (nSPS) is 10.7. The Balaban J connectivity index is 1.59. The molecule has 0 atom stereocenters. The Morgan fingerprint density at radius 3 is 1.93 bits per heavy atom. The zero-order chi connectivity index (χ0) is 18.5. The van der Waals surface area contributed by atoms with Crippen LogP contribution < -0.4 is 5.32 Å². The van der Waals surface area contributed by atoms with Gasteiger partial charge in [-0.3, -0.25) is 4.79 Å². The lowest BCUT2D eigenvalue weighted by atomic mass is 9.90. The molecular formula is C23H19N3O. The van der Waals surface area contributed by atoms with Gasteiger partial charge >= 0.3 is 0 Å². The van der Waals surface area contributed by atoms with Crippen LogP contribution in [0.3, 0.4) is 0 Å². The van der Waals surface area contributed by atoms with Gasteiger partial charge in [0, 0.05) is 23.8 Å². The van der Waals surface area contributed by atoms with Crippen LogP contribution in [0.5, 0.6) is 0 Å². The van der Waals surface area contributed by atoms with Crippen molar-refractivity contribution in [3.05, 3.63) is 115 Å². The van der Waals surface area contributed by atoms with Crippen LogP contribution in [0.25, 0.3) is 5.69 Å². The van der Waals surface area contributed by atoms with E-state index >= 15 is 0 Å². The first kappa shape index (κ1) is 16.8. The number of carbonyl (C=O) groups excluding carboxylic acids is 1. The molecule has 0 aliphatic heterocycles. The SMILES string of the molecule is O=C(Nc1ccc(-n2ccnc2)cc1)C(c1ccccc1)c1ccccc1. The van der Waals surface area contributed by atoms with Crippen LogP contribution in [0.2, 0.25) is 0 Å². The van der Waals surface area contributed by atoms with Crippen molar-refractivity contribution < 1.29 is 4.79 Å². The minimum Gasteiger partial charge on any atom is -0.325 e. The second kappa shape index (κ2) is 7.70. The van der Waals surface area contributed by atoms with Gasteiger partial charge in [-0.15, -0.1) is 0 Å². The van der Waals surface area contributed by atoms with E-state index in [0.29, 0.717) is 0 Å². The molecule has 3 aromatic carbocycles. The van der Waals surface area contributed by atoms with Crippen LogP contribution in [-0.2, 0) is 4.79 Å². The first-order valence-electron chi connectivity index (χ1n) is 8.80. The molecule has 1 N–H and O–H groups in total. The maximum Gasteiger partial charge on any atom is 0.236 e. The highest BCUT2D eigenvalue weighted by Gasteiger charge is 2.22. The van der Waals surface area contributed by atoms with E-state index in [2.05, 4.69) is 10.3 Å². The number of benzene rings is 3.